The Kier molecular flexibility index (Phi) is 5.89. The van der Waals surface area contributed by atoms with Gasteiger partial charge in [0.1, 0.15) is 11.4 Å². The van der Waals surface area contributed by atoms with Crippen molar-refractivity contribution >= 4 is 23.0 Å². The number of aromatic nitrogens is 3. The van der Waals surface area contributed by atoms with Crippen LogP contribution in [0, 0.1) is 0 Å². The molecule has 0 atom stereocenters. The van der Waals surface area contributed by atoms with E-state index in [4.69, 9.17) is 4.74 Å². The molecule has 4 rings (SSSR count). The summed E-state index contributed by atoms with van der Waals surface area (Å²) in [5.74, 6) is 0.385. The van der Waals surface area contributed by atoms with Crippen LogP contribution >= 0.6 is 0 Å². The predicted molar refractivity (Wildman–Crippen MR) is 118 cm³/mol. The van der Waals surface area contributed by atoms with Crippen molar-refractivity contribution in [2.45, 2.75) is 19.8 Å². The molecule has 2 aromatic heterocycles. The summed E-state index contributed by atoms with van der Waals surface area (Å²) in [6.07, 6.45) is 5.51. The van der Waals surface area contributed by atoms with Gasteiger partial charge in [0.05, 0.1) is 18.5 Å². The molecule has 7 heteroatoms. The molecular weight excluding hydrogens is 378 g/mol. The zero-order valence-electron chi connectivity index (χ0n) is 16.7. The fourth-order valence-electron chi connectivity index (χ4n) is 3.13. The minimum Gasteiger partial charge on any atom is -0.493 e. The molecule has 4 aromatic rings. The Labute approximate surface area is 174 Å². The molecule has 0 bridgehead atoms. The number of nitrogens with zero attached hydrogens (tertiary/aromatic N) is 2. The summed E-state index contributed by atoms with van der Waals surface area (Å²) in [5, 5.41) is 12.2. The number of ether oxygens (including phenoxy) is 1. The molecule has 0 aliphatic carbocycles. The van der Waals surface area contributed by atoms with Crippen LogP contribution in [0.25, 0.3) is 22.2 Å². The number of aromatic amines is 2. The lowest BCUT2D eigenvalue weighted by Crippen LogP contribution is -2.17. The van der Waals surface area contributed by atoms with Gasteiger partial charge in [-0.05, 0) is 30.7 Å². The number of hydrazone groups is 1. The molecule has 2 heterocycles. The SMILES string of the molecule is CCCCOc1ccccc1-c1cc(C(=O)N/N=C\c2c[nH]c3ccccc23)[nH]n1. The summed E-state index contributed by atoms with van der Waals surface area (Å²) in [5.41, 5.74) is 6.26. The van der Waals surface area contributed by atoms with Gasteiger partial charge in [-0.25, -0.2) is 5.43 Å². The van der Waals surface area contributed by atoms with Gasteiger partial charge in [0.2, 0.25) is 0 Å². The summed E-state index contributed by atoms with van der Waals surface area (Å²) < 4.78 is 5.86. The van der Waals surface area contributed by atoms with E-state index in [1.807, 2.05) is 54.7 Å². The fourth-order valence-corrected chi connectivity index (χ4v) is 3.13. The monoisotopic (exact) mass is 401 g/mol. The quantitative estimate of drug-likeness (QED) is 0.230. The van der Waals surface area contributed by atoms with Gasteiger partial charge in [0, 0.05) is 28.2 Å². The average Bonchev–Trinajstić information content (AvgIpc) is 3.42. The Bertz CT molecular complexity index is 1180. The number of para-hydroxylation sites is 2. The Balaban J connectivity index is 1.44. The largest absolute Gasteiger partial charge is 0.493 e. The van der Waals surface area contributed by atoms with Gasteiger partial charge < -0.3 is 9.72 Å². The summed E-state index contributed by atoms with van der Waals surface area (Å²) in [6, 6.07) is 17.3. The van der Waals surface area contributed by atoms with Crippen LogP contribution in [0.5, 0.6) is 5.75 Å². The van der Waals surface area contributed by atoms with E-state index in [0.717, 1.165) is 40.6 Å². The molecule has 1 amide bonds. The molecular formula is C23H23N5O2. The highest BCUT2D eigenvalue weighted by molar-refractivity contribution is 6.00. The summed E-state index contributed by atoms with van der Waals surface area (Å²) in [6.45, 7) is 2.77. The minimum atomic E-state index is -0.366. The number of unbranched alkanes of at least 4 members (excludes halogenated alkanes) is 1. The minimum absolute atomic E-state index is 0.324. The highest BCUT2D eigenvalue weighted by Gasteiger charge is 2.13. The van der Waals surface area contributed by atoms with Crippen molar-refractivity contribution in [1.82, 2.24) is 20.6 Å². The van der Waals surface area contributed by atoms with Gasteiger partial charge in [-0.15, -0.1) is 0 Å². The summed E-state index contributed by atoms with van der Waals surface area (Å²) >= 11 is 0. The number of carbonyl (C=O) groups is 1. The van der Waals surface area contributed by atoms with Crippen LogP contribution in [0.4, 0.5) is 0 Å². The van der Waals surface area contributed by atoms with Crippen molar-refractivity contribution in [2.75, 3.05) is 6.61 Å². The number of amides is 1. The van der Waals surface area contributed by atoms with Crippen molar-refractivity contribution in [3.63, 3.8) is 0 Å². The number of hydrogen-bond donors (Lipinski definition) is 3. The first-order valence-electron chi connectivity index (χ1n) is 9.93. The van der Waals surface area contributed by atoms with Gasteiger partial charge in [-0.2, -0.15) is 10.2 Å². The predicted octanol–water partition coefficient (Wildman–Crippen LogP) is 4.50. The van der Waals surface area contributed by atoms with Crippen LogP contribution in [-0.2, 0) is 0 Å². The van der Waals surface area contributed by atoms with E-state index in [9.17, 15) is 4.79 Å². The average molecular weight is 401 g/mol. The number of benzene rings is 2. The molecule has 0 aliphatic rings. The first-order chi connectivity index (χ1) is 14.8. The molecule has 3 N–H and O–H groups in total. The number of fused-ring (bicyclic) bond motifs is 1. The highest BCUT2D eigenvalue weighted by Crippen LogP contribution is 2.29. The Morgan fingerprint density at radius 1 is 1.20 bits per heavy atom. The van der Waals surface area contributed by atoms with Crippen molar-refractivity contribution in [2.24, 2.45) is 5.10 Å². The molecule has 0 saturated carbocycles. The second-order valence-electron chi connectivity index (χ2n) is 6.85. The lowest BCUT2D eigenvalue weighted by Gasteiger charge is -2.09. The second-order valence-corrected chi connectivity index (χ2v) is 6.85. The first-order valence-corrected chi connectivity index (χ1v) is 9.93. The van der Waals surface area contributed by atoms with Gasteiger partial charge in [0.25, 0.3) is 5.91 Å². The molecule has 0 aliphatic heterocycles. The smallest absolute Gasteiger partial charge is 0.289 e. The third-order valence-corrected chi connectivity index (χ3v) is 4.73. The van der Waals surface area contributed by atoms with Crippen LogP contribution in [0.2, 0.25) is 0 Å². The van der Waals surface area contributed by atoms with E-state index >= 15 is 0 Å². The lowest BCUT2D eigenvalue weighted by molar-refractivity contribution is 0.0950. The zero-order chi connectivity index (χ0) is 20.8. The molecule has 0 fully saturated rings. The number of nitrogens with one attached hydrogen (secondary N) is 3. The van der Waals surface area contributed by atoms with E-state index in [-0.39, 0.29) is 5.91 Å². The Morgan fingerprint density at radius 2 is 2.03 bits per heavy atom. The molecule has 152 valence electrons. The maximum atomic E-state index is 12.4. The molecule has 30 heavy (non-hydrogen) atoms. The van der Waals surface area contributed by atoms with Crippen LogP contribution in [0.1, 0.15) is 35.8 Å². The zero-order valence-corrected chi connectivity index (χ0v) is 16.7. The molecule has 7 nitrogen and oxygen atoms in total. The molecule has 0 radical (unpaired) electrons. The normalized spacial score (nSPS) is 11.2. The third kappa shape index (κ3) is 4.25. The third-order valence-electron chi connectivity index (χ3n) is 4.73. The van der Waals surface area contributed by atoms with Gasteiger partial charge >= 0.3 is 0 Å². The molecule has 0 unspecified atom stereocenters. The number of hydrogen-bond acceptors (Lipinski definition) is 4. The number of rotatable bonds is 8. The molecule has 0 spiro atoms. The van der Waals surface area contributed by atoms with Crippen LogP contribution < -0.4 is 10.2 Å². The topological polar surface area (TPSA) is 95.2 Å². The fraction of sp³-hybridized carbons (Fsp3) is 0.174. The maximum absolute atomic E-state index is 12.4. The van der Waals surface area contributed by atoms with E-state index in [2.05, 4.69) is 32.6 Å². The van der Waals surface area contributed by atoms with Gasteiger partial charge in [-0.1, -0.05) is 43.7 Å². The molecule has 2 aromatic carbocycles. The summed E-state index contributed by atoms with van der Waals surface area (Å²) in [7, 11) is 0. The van der Waals surface area contributed by atoms with E-state index in [1.165, 1.54) is 0 Å². The number of H-pyrrole nitrogens is 2. The second kappa shape index (κ2) is 9.09. The number of carbonyl (C=O) groups excluding carboxylic acids is 1. The van der Waals surface area contributed by atoms with Gasteiger partial charge in [0.15, 0.2) is 0 Å². The summed E-state index contributed by atoms with van der Waals surface area (Å²) in [4.78, 5) is 15.6. The van der Waals surface area contributed by atoms with Crippen molar-refractivity contribution in [3.8, 4) is 17.0 Å². The van der Waals surface area contributed by atoms with Crippen LogP contribution in [-0.4, -0.2) is 33.9 Å². The Morgan fingerprint density at radius 3 is 2.93 bits per heavy atom. The lowest BCUT2D eigenvalue weighted by atomic mass is 10.1. The first kappa shape index (κ1) is 19.4. The standard InChI is InChI=1S/C23H23N5O2/c1-2-3-12-30-22-11-7-5-9-18(22)20-13-21(27-26-20)23(29)28-25-15-16-14-24-19-10-6-4-8-17(16)19/h4-11,13-15,24H,2-3,12H2,1H3,(H,26,27)(H,28,29)/b25-15-. The maximum Gasteiger partial charge on any atom is 0.289 e. The van der Waals surface area contributed by atoms with Crippen LogP contribution in [0.15, 0.2) is 65.9 Å². The highest BCUT2D eigenvalue weighted by atomic mass is 16.5. The van der Waals surface area contributed by atoms with E-state index in [0.29, 0.717) is 18.0 Å². The van der Waals surface area contributed by atoms with E-state index < -0.39 is 0 Å². The van der Waals surface area contributed by atoms with Crippen molar-refractivity contribution < 1.29 is 9.53 Å². The Hall–Kier alpha value is -3.87. The van der Waals surface area contributed by atoms with Crippen molar-refractivity contribution in [3.05, 3.63) is 72.1 Å². The van der Waals surface area contributed by atoms with Gasteiger partial charge in [-0.3, -0.25) is 9.89 Å². The van der Waals surface area contributed by atoms with E-state index in [1.54, 1.807) is 12.3 Å². The molecule has 0 saturated heterocycles. The van der Waals surface area contributed by atoms with Crippen molar-refractivity contribution in [1.29, 1.82) is 0 Å². The van der Waals surface area contributed by atoms with Crippen LogP contribution in [0.3, 0.4) is 0 Å².